The third-order valence-electron chi connectivity index (χ3n) is 4.10. The number of carbonyl (C=O) groups is 2. The zero-order chi connectivity index (χ0) is 17.6. The predicted molar refractivity (Wildman–Crippen MR) is 95.3 cm³/mol. The largest absolute Gasteiger partial charge is 0.491 e. The number of ether oxygens (including phenoxy) is 2. The highest BCUT2D eigenvalue weighted by Gasteiger charge is 2.16. The van der Waals surface area contributed by atoms with E-state index in [1.165, 1.54) is 6.92 Å². The minimum absolute atomic E-state index is 0.0381. The molecular formula is C20H21NO4. The summed E-state index contributed by atoms with van der Waals surface area (Å²) in [6.07, 6.45) is 2.27. The predicted octanol–water partition coefficient (Wildman–Crippen LogP) is 3.70. The van der Waals surface area contributed by atoms with Crippen molar-refractivity contribution in [2.24, 2.45) is 0 Å². The first kappa shape index (κ1) is 17.2. The molecule has 1 heterocycles. The van der Waals surface area contributed by atoms with Gasteiger partial charge >= 0.3 is 0 Å². The van der Waals surface area contributed by atoms with Crippen LogP contribution in [0.2, 0.25) is 0 Å². The number of ketones is 1. The molecule has 25 heavy (non-hydrogen) atoms. The Balaban J connectivity index is 1.58. The molecule has 5 heteroatoms. The summed E-state index contributed by atoms with van der Waals surface area (Å²) < 4.78 is 11.2. The van der Waals surface area contributed by atoms with Crippen LogP contribution in [0, 0.1) is 0 Å². The van der Waals surface area contributed by atoms with Crippen LogP contribution >= 0.6 is 0 Å². The zero-order valence-electron chi connectivity index (χ0n) is 14.2. The van der Waals surface area contributed by atoms with E-state index < -0.39 is 0 Å². The van der Waals surface area contributed by atoms with Gasteiger partial charge in [0, 0.05) is 23.4 Å². The SMILES string of the molecule is CC(=O)c1cccc(NC(=O)c2ccc(OC[C@@H]3CCCO3)cc2)c1. The summed E-state index contributed by atoms with van der Waals surface area (Å²) in [7, 11) is 0. The molecule has 130 valence electrons. The number of rotatable bonds is 6. The van der Waals surface area contributed by atoms with Crippen LogP contribution in [0.5, 0.6) is 5.75 Å². The van der Waals surface area contributed by atoms with Gasteiger partial charge < -0.3 is 14.8 Å². The lowest BCUT2D eigenvalue weighted by Gasteiger charge is -2.12. The van der Waals surface area contributed by atoms with Crippen LogP contribution in [0.15, 0.2) is 48.5 Å². The molecule has 0 unspecified atom stereocenters. The van der Waals surface area contributed by atoms with Gasteiger partial charge in [0.15, 0.2) is 5.78 Å². The van der Waals surface area contributed by atoms with E-state index in [2.05, 4.69) is 5.32 Å². The lowest BCUT2D eigenvalue weighted by Crippen LogP contribution is -2.16. The maximum Gasteiger partial charge on any atom is 0.255 e. The number of amides is 1. The van der Waals surface area contributed by atoms with Crippen molar-refractivity contribution < 1.29 is 19.1 Å². The maximum absolute atomic E-state index is 12.3. The molecule has 3 rings (SSSR count). The fraction of sp³-hybridized carbons (Fsp3) is 0.300. The van der Waals surface area contributed by atoms with Crippen molar-refractivity contribution in [2.75, 3.05) is 18.5 Å². The molecule has 0 bridgehead atoms. The maximum atomic E-state index is 12.3. The van der Waals surface area contributed by atoms with Gasteiger partial charge in [0.2, 0.25) is 0 Å². The second-order valence-corrected chi connectivity index (χ2v) is 6.06. The standard InChI is InChI=1S/C20H21NO4/c1-14(22)16-4-2-5-17(12-16)21-20(23)15-7-9-18(10-8-15)25-13-19-6-3-11-24-19/h2,4-5,7-10,12,19H,3,6,11,13H2,1H3,(H,21,23)/t19-/m0/s1. The molecular weight excluding hydrogens is 318 g/mol. The zero-order valence-corrected chi connectivity index (χ0v) is 14.2. The van der Waals surface area contributed by atoms with E-state index in [9.17, 15) is 9.59 Å². The van der Waals surface area contributed by atoms with E-state index in [0.717, 1.165) is 19.4 Å². The van der Waals surface area contributed by atoms with E-state index in [1.807, 2.05) is 0 Å². The van der Waals surface area contributed by atoms with Crippen molar-refractivity contribution in [3.63, 3.8) is 0 Å². The smallest absolute Gasteiger partial charge is 0.255 e. The van der Waals surface area contributed by atoms with Crippen LogP contribution < -0.4 is 10.1 Å². The van der Waals surface area contributed by atoms with Crippen LogP contribution in [0.4, 0.5) is 5.69 Å². The highest BCUT2D eigenvalue weighted by atomic mass is 16.5. The van der Waals surface area contributed by atoms with Gasteiger partial charge in [0.25, 0.3) is 5.91 Å². The Morgan fingerprint density at radius 2 is 1.96 bits per heavy atom. The molecule has 1 atom stereocenters. The first-order chi connectivity index (χ1) is 12.1. The molecule has 1 aliphatic rings. The highest BCUT2D eigenvalue weighted by Crippen LogP contribution is 2.18. The Bertz CT molecular complexity index is 749. The van der Waals surface area contributed by atoms with Gasteiger partial charge in [-0.2, -0.15) is 0 Å². The van der Waals surface area contributed by atoms with E-state index in [4.69, 9.17) is 9.47 Å². The number of hydrogen-bond donors (Lipinski definition) is 1. The van der Waals surface area contributed by atoms with Gasteiger partial charge in [-0.25, -0.2) is 0 Å². The van der Waals surface area contributed by atoms with E-state index in [-0.39, 0.29) is 17.8 Å². The topological polar surface area (TPSA) is 64.6 Å². The Kier molecular flexibility index (Phi) is 5.46. The van der Waals surface area contributed by atoms with Crippen LogP contribution in [0.25, 0.3) is 0 Å². The Labute approximate surface area is 147 Å². The molecule has 1 N–H and O–H groups in total. The van der Waals surface area contributed by atoms with Crippen molar-refractivity contribution in [3.8, 4) is 5.75 Å². The quantitative estimate of drug-likeness (QED) is 0.815. The second kappa shape index (κ2) is 7.94. The van der Waals surface area contributed by atoms with Gasteiger partial charge in [-0.05, 0) is 56.2 Å². The van der Waals surface area contributed by atoms with Crippen molar-refractivity contribution in [2.45, 2.75) is 25.9 Å². The summed E-state index contributed by atoms with van der Waals surface area (Å²) in [5.41, 5.74) is 1.68. The van der Waals surface area contributed by atoms with Crippen LogP contribution in [0.1, 0.15) is 40.5 Å². The fourth-order valence-corrected chi connectivity index (χ4v) is 2.69. The molecule has 5 nitrogen and oxygen atoms in total. The first-order valence-electron chi connectivity index (χ1n) is 8.38. The molecule has 0 saturated carbocycles. The third kappa shape index (κ3) is 4.67. The van der Waals surface area contributed by atoms with Crippen molar-refractivity contribution in [1.82, 2.24) is 0 Å². The van der Waals surface area contributed by atoms with E-state index in [0.29, 0.717) is 29.2 Å². The average Bonchev–Trinajstić information content (AvgIpc) is 3.14. The summed E-state index contributed by atoms with van der Waals surface area (Å²) in [6.45, 7) is 2.83. The third-order valence-corrected chi connectivity index (χ3v) is 4.10. The van der Waals surface area contributed by atoms with Gasteiger partial charge in [0.05, 0.1) is 6.10 Å². The summed E-state index contributed by atoms with van der Waals surface area (Å²) in [5, 5.41) is 2.80. The van der Waals surface area contributed by atoms with Gasteiger partial charge in [-0.1, -0.05) is 12.1 Å². The number of nitrogens with one attached hydrogen (secondary N) is 1. The first-order valence-corrected chi connectivity index (χ1v) is 8.38. The average molecular weight is 339 g/mol. The molecule has 2 aromatic rings. The van der Waals surface area contributed by atoms with Crippen LogP contribution in [-0.4, -0.2) is 31.0 Å². The molecule has 1 saturated heterocycles. The fourth-order valence-electron chi connectivity index (χ4n) is 2.69. The minimum Gasteiger partial charge on any atom is -0.491 e. The van der Waals surface area contributed by atoms with Crippen LogP contribution in [-0.2, 0) is 4.74 Å². The molecule has 0 spiro atoms. The number of benzene rings is 2. The lowest BCUT2D eigenvalue weighted by atomic mass is 10.1. The molecule has 0 radical (unpaired) electrons. The highest BCUT2D eigenvalue weighted by molar-refractivity contribution is 6.05. The number of hydrogen-bond acceptors (Lipinski definition) is 4. The lowest BCUT2D eigenvalue weighted by molar-refractivity contribution is 0.0679. The van der Waals surface area contributed by atoms with Crippen molar-refractivity contribution in [1.29, 1.82) is 0 Å². The monoisotopic (exact) mass is 339 g/mol. The van der Waals surface area contributed by atoms with E-state index >= 15 is 0 Å². The number of anilines is 1. The van der Waals surface area contributed by atoms with Gasteiger partial charge in [0.1, 0.15) is 12.4 Å². The summed E-state index contributed by atoms with van der Waals surface area (Å²) in [6, 6.07) is 13.9. The molecule has 0 aliphatic carbocycles. The molecule has 1 aliphatic heterocycles. The van der Waals surface area contributed by atoms with Crippen LogP contribution in [0.3, 0.4) is 0 Å². The van der Waals surface area contributed by atoms with Crippen molar-refractivity contribution >= 4 is 17.4 Å². The van der Waals surface area contributed by atoms with Gasteiger partial charge in [-0.3, -0.25) is 9.59 Å². The molecule has 0 aromatic heterocycles. The minimum atomic E-state index is -0.230. The van der Waals surface area contributed by atoms with E-state index in [1.54, 1.807) is 48.5 Å². The molecule has 2 aromatic carbocycles. The number of carbonyl (C=O) groups excluding carboxylic acids is 2. The Morgan fingerprint density at radius 1 is 1.16 bits per heavy atom. The Morgan fingerprint density at radius 3 is 2.64 bits per heavy atom. The molecule has 1 fully saturated rings. The Hall–Kier alpha value is -2.66. The summed E-state index contributed by atoms with van der Waals surface area (Å²) in [4.78, 5) is 23.7. The number of Topliss-reactive ketones (excluding diaryl/α,β-unsaturated/α-hetero) is 1. The van der Waals surface area contributed by atoms with Gasteiger partial charge in [-0.15, -0.1) is 0 Å². The van der Waals surface area contributed by atoms with Crippen molar-refractivity contribution in [3.05, 3.63) is 59.7 Å². The summed E-state index contributed by atoms with van der Waals surface area (Å²) in [5.74, 6) is 0.445. The molecule has 1 amide bonds. The summed E-state index contributed by atoms with van der Waals surface area (Å²) >= 11 is 0. The normalized spacial score (nSPS) is 16.4. The second-order valence-electron chi connectivity index (χ2n) is 6.06.